The summed E-state index contributed by atoms with van der Waals surface area (Å²) < 4.78 is 10.8. The third-order valence-electron chi connectivity index (χ3n) is 3.06. The molecule has 1 fully saturated rings. The Kier molecular flexibility index (Phi) is 3.31. The fourth-order valence-electron chi connectivity index (χ4n) is 2.13. The van der Waals surface area contributed by atoms with Gasteiger partial charge in [-0.2, -0.15) is 0 Å². The number of ether oxygens (including phenoxy) is 2. The van der Waals surface area contributed by atoms with Crippen LogP contribution in [0.25, 0.3) is 0 Å². The molecule has 0 aliphatic carbocycles. The second-order valence-electron chi connectivity index (χ2n) is 4.05. The molecule has 0 saturated carbocycles. The highest BCUT2D eigenvalue weighted by atomic mass is 16.5. The molecule has 0 amide bonds. The molecule has 1 heterocycles. The molecular weight excluding hydrogens is 204 g/mol. The van der Waals surface area contributed by atoms with Crippen molar-refractivity contribution in [2.24, 2.45) is 0 Å². The summed E-state index contributed by atoms with van der Waals surface area (Å²) in [5.41, 5.74) is 7.68. The van der Waals surface area contributed by atoms with Gasteiger partial charge in [0.1, 0.15) is 12.2 Å². The lowest BCUT2D eigenvalue weighted by Crippen LogP contribution is -2.27. The van der Waals surface area contributed by atoms with E-state index in [-0.39, 0.29) is 12.2 Å². The van der Waals surface area contributed by atoms with Gasteiger partial charge in [-0.3, -0.25) is 0 Å². The van der Waals surface area contributed by atoms with Crippen LogP contribution in [-0.2, 0) is 9.47 Å². The highest BCUT2D eigenvalue weighted by molar-refractivity contribution is 5.56. The number of anilines is 2. The van der Waals surface area contributed by atoms with Gasteiger partial charge in [-0.25, -0.2) is 0 Å². The number of hydrogen-bond donors (Lipinski definition) is 1. The number of benzene rings is 1. The molecule has 2 N–H and O–H groups in total. The predicted molar refractivity (Wildman–Crippen MR) is 64.7 cm³/mol. The minimum Gasteiger partial charge on any atom is -0.399 e. The van der Waals surface area contributed by atoms with Crippen molar-refractivity contribution in [1.29, 1.82) is 0 Å². The molecule has 1 aliphatic rings. The lowest BCUT2D eigenvalue weighted by atomic mass is 10.2. The first-order valence-corrected chi connectivity index (χ1v) is 5.40. The highest BCUT2D eigenvalue weighted by Gasteiger charge is 2.32. The van der Waals surface area contributed by atoms with Crippen molar-refractivity contribution >= 4 is 11.4 Å². The van der Waals surface area contributed by atoms with Gasteiger partial charge in [0, 0.05) is 38.7 Å². The summed E-state index contributed by atoms with van der Waals surface area (Å²) in [6.45, 7) is 1.69. The van der Waals surface area contributed by atoms with E-state index < -0.39 is 0 Å². The maximum atomic E-state index is 5.77. The Hall–Kier alpha value is -1.26. The van der Waals surface area contributed by atoms with E-state index in [1.165, 1.54) is 0 Å². The van der Waals surface area contributed by atoms with Gasteiger partial charge in [-0.05, 0) is 18.2 Å². The van der Waals surface area contributed by atoms with Crippen LogP contribution in [0.15, 0.2) is 24.3 Å². The fraction of sp³-hybridized carbons (Fsp3) is 0.500. The molecule has 0 bridgehead atoms. The van der Waals surface area contributed by atoms with E-state index in [2.05, 4.69) is 11.0 Å². The molecule has 2 unspecified atom stereocenters. The fourth-order valence-corrected chi connectivity index (χ4v) is 2.13. The van der Waals surface area contributed by atoms with Gasteiger partial charge in [-0.1, -0.05) is 6.07 Å². The van der Waals surface area contributed by atoms with Crippen LogP contribution in [-0.4, -0.2) is 39.5 Å². The van der Waals surface area contributed by atoms with Gasteiger partial charge in [0.15, 0.2) is 0 Å². The molecule has 88 valence electrons. The minimum atomic E-state index is 0.131. The summed E-state index contributed by atoms with van der Waals surface area (Å²) in [5, 5.41) is 0. The second kappa shape index (κ2) is 4.72. The molecule has 1 aliphatic heterocycles. The van der Waals surface area contributed by atoms with Crippen LogP contribution in [0.1, 0.15) is 0 Å². The third kappa shape index (κ3) is 2.13. The van der Waals surface area contributed by atoms with Crippen LogP contribution >= 0.6 is 0 Å². The Morgan fingerprint density at radius 1 is 1.19 bits per heavy atom. The Labute approximate surface area is 95.9 Å². The van der Waals surface area contributed by atoms with Crippen LogP contribution in [0.5, 0.6) is 0 Å². The summed E-state index contributed by atoms with van der Waals surface area (Å²) in [6, 6.07) is 7.89. The molecular formula is C12H18N2O2. The average Bonchev–Trinajstić information content (AvgIpc) is 2.72. The molecule has 0 radical (unpaired) electrons. The van der Waals surface area contributed by atoms with Crippen LogP contribution in [0.4, 0.5) is 11.4 Å². The number of methoxy groups -OCH3 is 2. The van der Waals surface area contributed by atoms with Crippen LogP contribution in [0, 0.1) is 0 Å². The minimum absolute atomic E-state index is 0.131. The van der Waals surface area contributed by atoms with Gasteiger partial charge in [0.25, 0.3) is 0 Å². The van der Waals surface area contributed by atoms with Gasteiger partial charge < -0.3 is 20.1 Å². The van der Waals surface area contributed by atoms with Crippen LogP contribution in [0.2, 0.25) is 0 Å². The highest BCUT2D eigenvalue weighted by Crippen LogP contribution is 2.24. The first kappa shape index (κ1) is 11.2. The van der Waals surface area contributed by atoms with E-state index >= 15 is 0 Å². The zero-order valence-electron chi connectivity index (χ0n) is 9.72. The van der Waals surface area contributed by atoms with Crippen molar-refractivity contribution in [2.45, 2.75) is 12.2 Å². The molecule has 1 aromatic rings. The number of hydrogen-bond acceptors (Lipinski definition) is 4. The van der Waals surface area contributed by atoms with E-state index in [1.807, 2.05) is 18.2 Å². The molecule has 2 atom stereocenters. The van der Waals surface area contributed by atoms with Crippen molar-refractivity contribution in [3.63, 3.8) is 0 Å². The van der Waals surface area contributed by atoms with Crippen molar-refractivity contribution < 1.29 is 9.47 Å². The smallest absolute Gasteiger partial charge is 0.102 e. The topological polar surface area (TPSA) is 47.7 Å². The molecule has 0 aromatic heterocycles. The van der Waals surface area contributed by atoms with Crippen molar-refractivity contribution in [2.75, 3.05) is 37.9 Å². The summed E-state index contributed by atoms with van der Waals surface area (Å²) in [4.78, 5) is 2.23. The second-order valence-corrected chi connectivity index (χ2v) is 4.05. The lowest BCUT2D eigenvalue weighted by molar-refractivity contribution is -0.00461. The van der Waals surface area contributed by atoms with Crippen LogP contribution < -0.4 is 10.6 Å². The number of rotatable bonds is 3. The molecule has 1 aromatic carbocycles. The van der Waals surface area contributed by atoms with Crippen molar-refractivity contribution in [1.82, 2.24) is 0 Å². The van der Waals surface area contributed by atoms with E-state index in [0.717, 1.165) is 24.5 Å². The van der Waals surface area contributed by atoms with Gasteiger partial charge >= 0.3 is 0 Å². The quantitative estimate of drug-likeness (QED) is 0.778. The zero-order chi connectivity index (χ0) is 11.5. The van der Waals surface area contributed by atoms with Crippen LogP contribution in [0.3, 0.4) is 0 Å². The molecule has 1 saturated heterocycles. The van der Waals surface area contributed by atoms with Gasteiger partial charge in [-0.15, -0.1) is 0 Å². The predicted octanol–water partition coefficient (Wildman–Crippen LogP) is 1.12. The SMILES string of the molecule is COC1CN(c2cccc(N)c2)CC1OC. The van der Waals surface area contributed by atoms with Gasteiger partial charge in [0.05, 0.1) is 0 Å². The van der Waals surface area contributed by atoms with Crippen molar-refractivity contribution in [3.05, 3.63) is 24.3 Å². The lowest BCUT2D eigenvalue weighted by Gasteiger charge is -2.18. The normalized spacial score (nSPS) is 25.0. The maximum absolute atomic E-state index is 5.77. The summed E-state index contributed by atoms with van der Waals surface area (Å²) in [6.07, 6.45) is 0.262. The number of nitrogen functional groups attached to an aromatic ring is 1. The molecule has 4 nitrogen and oxygen atoms in total. The average molecular weight is 222 g/mol. The molecule has 4 heteroatoms. The Bertz CT molecular complexity index is 345. The van der Waals surface area contributed by atoms with E-state index in [0.29, 0.717) is 0 Å². The summed E-state index contributed by atoms with van der Waals surface area (Å²) in [5.74, 6) is 0. The molecule has 2 rings (SSSR count). The summed E-state index contributed by atoms with van der Waals surface area (Å²) in [7, 11) is 3.44. The first-order chi connectivity index (χ1) is 7.74. The monoisotopic (exact) mass is 222 g/mol. The Balaban J connectivity index is 2.12. The molecule has 16 heavy (non-hydrogen) atoms. The summed E-state index contributed by atoms with van der Waals surface area (Å²) >= 11 is 0. The maximum Gasteiger partial charge on any atom is 0.102 e. The Morgan fingerprint density at radius 2 is 1.81 bits per heavy atom. The zero-order valence-corrected chi connectivity index (χ0v) is 9.72. The van der Waals surface area contributed by atoms with E-state index in [1.54, 1.807) is 14.2 Å². The standard InChI is InChI=1S/C12H18N2O2/c1-15-11-7-14(8-12(11)16-2)10-5-3-4-9(13)6-10/h3-6,11-12H,7-8,13H2,1-2H3. The Morgan fingerprint density at radius 3 is 2.31 bits per heavy atom. The number of nitrogens with zero attached hydrogens (tertiary/aromatic N) is 1. The first-order valence-electron chi connectivity index (χ1n) is 5.40. The molecule has 0 spiro atoms. The van der Waals surface area contributed by atoms with Crippen molar-refractivity contribution in [3.8, 4) is 0 Å². The largest absolute Gasteiger partial charge is 0.399 e. The number of nitrogens with two attached hydrogens (primary N) is 1. The van der Waals surface area contributed by atoms with E-state index in [9.17, 15) is 0 Å². The van der Waals surface area contributed by atoms with E-state index in [4.69, 9.17) is 15.2 Å². The van der Waals surface area contributed by atoms with Gasteiger partial charge in [0.2, 0.25) is 0 Å². The third-order valence-corrected chi connectivity index (χ3v) is 3.06.